The molecule has 5 atom stereocenters. The van der Waals surface area contributed by atoms with Crippen molar-refractivity contribution in [1.82, 2.24) is 0 Å². The van der Waals surface area contributed by atoms with Crippen molar-refractivity contribution < 1.29 is 39.4 Å². The lowest BCUT2D eigenvalue weighted by molar-refractivity contribution is -0.300. The number of carbonyl (C=O) groups is 1. The van der Waals surface area contributed by atoms with Crippen molar-refractivity contribution >= 4 is 12.0 Å². The number of benzene rings is 1. The van der Waals surface area contributed by atoms with Gasteiger partial charge in [-0.25, -0.2) is 4.79 Å². The second kappa shape index (κ2) is 11.1. The van der Waals surface area contributed by atoms with Gasteiger partial charge < -0.3 is 34.6 Å². The van der Waals surface area contributed by atoms with E-state index in [1.807, 2.05) is 30.3 Å². The molecule has 1 heterocycles. The monoisotopic (exact) mass is 394 g/mol. The Labute approximate surface area is 163 Å². The third-order valence-corrected chi connectivity index (χ3v) is 4.22. The molecule has 0 unspecified atom stereocenters. The number of rotatable bonds is 9. The Balaban J connectivity index is 1.68. The first-order valence-corrected chi connectivity index (χ1v) is 8.91. The van der Waals surface area contributed by atoms with Gasteiger partial charge in [-0.05, 0) is 23.6 Å². The van der Waals surface area contributed by atoms with Gasteiger partial charge in [0.25, 0.3) is 0 Å². The van der Waals surface area contributed by atoms with Crippen LogP contribution >= 0.6 is 0 Å². The Morgan fingerprint density at radius 3 is 2.54 bits per heavy atom. The number of hydrogen-bond acceptors (Lipinski definition) is 8. The fraction of sp³-hybridized carbons (Fsp3) is 0.450. The highest BCUT2D eigenvalue weighted by molar-refractivity contribution is 5.87. The maximum Gasteiger partial charge on any atom is 0.331 e. The molecule has 0 aromatic heterocycles. The van der Waals surface area contributed by atoms with Gasteiger partial charge in [-0.2, -0.15) is 0 Å². The van der Waals surface area contributed by atoms with E-state index in [4.69, 9.17) is 19.3 Å². The summed E-state index contributed by atoms with van der Waals surface area (Å²) in [4.78, 5) is 11.7. The van der Waals surface area contributed by atoms with Crippen LogP contribution in [0, 0.1) is 0 Å². The quantitative estimate of drug-likeness (QED) is 0.262. The highest BCUT2D eigenvalue weighted by Crippen LogP contribution is 2.22. The molecule has 8 heteroatoms. The van der Waals surface area contributed by atoms with E-state index in [2.05, 4.69) is 6.58 Å². The van der Waals surface area contributed by atoms with Gasteiger partial charge in [0, 0.05) is 6.08 Å². The predicted octanol–water partition coefficient (Wildman–Crippen LogP) is 0.00580. The van der Waals surface area contributed by atoms with Crippen LogP contribution in [0.5, 0.6) is 0 Å². The van der Waals surface area contributed by atoms with E-state index in [1.165, 1.54) is 6.08 Å². The van der Waals surface area contributed by atoms with Crippen molar-refractivity contribution in [1.29, 1.82) is 0 Å². The maximum absolute atomic E-state index is 11.7. The van der Waals surface area contributed by atoms with E-state index in [0.29, 0.717) is 12.0 Å². The molecule has 28 heavy (non-hydrogen) atoms. The summed E-state index contributed by atoms with van der Waals surface area (Å²) < 4.78 is 15.7. The van der Waals surface area contributed by atoms with Crippen LogP contribution in [-0.2, 0) is 19.0 Å². The Kier molecular flexibility index (Phi) is 8.78. The van der Waals surface area contributed by atoms with Gasteiger partial charge in [0.05, 0.1) is 13.2 Å². The van der Waals surface area contributed by atoms with Crippen LogP contribution in [-0.4, -0.2) is 76.9 Å². The smallest absolute Gasteiger partial charge is 0.331 e. The third kappa shape index (κ3) is 6.52. The third-order valence-electron chi connectivity index (χ3n) is 4.22. The first kappa shape index (κ1) is 22.2. The highest BCUT2D eigenvalue weighted by Gasteiger charge is 2.43. The summed E-state index contributed by atoms with van der Waals surface area (Å²) in [5, 5.41) is 38.4. The summed E-state index contributed by atoms with van der Waals surface area (Å²) in [6.07, 6.45) is -3.30. The molecule has 1 aliphatic rings. The lowest BCUT2D eigenvalue weighted by atomic mass is 9.99. The summed E-state index contributed by atoms with van der Waals surface area (Å²) in [6.45, 7) is 3.36. The van der Waals surface area contributed by atoms with Crippen LogP contribution in [0.2, 0.25) is 0 Å². The number of esters is 1. The standard InChI is InChI=1S/C20H26O8/c1-13(12-27-16(22)8-7-14-5-3-2-4-6-14)9-10-26-20-19(25)18(24)17(23)15(11-21)28-20/h2-8,15,17-21,23-25H,1,9-12H2/b8-7+/t15-,17-,18+,19-,20-/m1/s1. The van der Waals surface area contributed by atoms with Gasteiger partial charge in [0.2, 0.25) is 0 Å². The van der Waals surface area contributed by atoms with Gasteiger partial charge in [0.1, 0.15) is 31.0 Å². The fourth-order valence-electron chi connectivity index (χ4n) is 2.55. The molecule has 0 saturated carbocycles. The summed E-state index contributed by atoms with van der Waals surface area (Å²) in [5.41, 5.74) is 1.47. The average Bonchev–Trinajstić information content (AvgIpc) is 2.71. The normalized spacial score (nSPS) is 27.6. The highest BCUT2D eigenvalue weighted by atomic mass is 16.7. The summed E-state index contributed by atoms with van der Waals surface area (Å²) in [7, 11) is 0. The molecule has 0 amide bonds. The first-order chi connectivity index (χ1) is 13.4. The van der Waals surface area contributed by atoms with Crippen molar-refractivity contribution in [3.63, 3.8) is 0 Å². The minimum Gasteiger partial charge on any atom is -0.458 e. The Hall–Kier alpha value is -2.07. The SMILES string of the molecule is C=C(CCO[C@@H]1O[C@H](CO)[C@@H](O)[C@H](O)[C@H]1O)COC(=O)/C=C/c1ccccc1. The Bertz CT molecular complexity index is 657. The van der Waals surface area contributed by atoms with Gasteiger partial charge in [-0.3, -0.25) is 0 Å². The second-order valence-corrected chi connectivity index (χ2v) is 6.42. The van der Waals surface area contributed by atoms with Crippen molar-refractivity contribution in [3.8, 4) is 0 Å². The molecule has 2 rings (SSSR count). The molecule has 0 bridgehead atoms. The molecule has 4 N–H and O–H groups in total. The van der Waals surface area contributed by atoms with E-state index in [0.717, 1.165) is 5.56 Å². The van der Waals surface area contributed by atoms with Gasteiger partial charge >= 0.3 is 5.97 Å². The zero-order chi connectivity index (χ0) is 20.5. The van der Waals surface area contributed by atoms with Crippen LogP contribution in [0.15, 0.2) is 48.6 Å². The maximum atomic E-state index is 11.7. The van der Waals surface area contributed by atoms with Crippen molar-refractivity contribution in [2.45, 2.75) is 37.1 Å². The molecule has 0 radical (unpaired) electrons. The van der Waals surface area contributed by atoms with Gasteiger partial charge in [-0.1, -0.05) is 36.9 Å². The van der Waals surface area contributed by atoms with Crippen LogP contribution in [0.25, 0.3) is 6.08 Å². The van der Waals surface area contributed by atoms with Crippen molar-refractivity contribution in [3.05, 3.63) is 54.1 Å². The number of ether oxygens (including phenoxy) is 3. The molecular weight excluding hydrogens is 368 g/mol. The predicted molar refractivity (Wildman–Crippen MR) is 99.9 cm³/mol. The van der Waals surface area contributed by atoms with E-state index < -0.39 is 43.3 Å². The van der Waals surface area contributed by atoms with E-state index in [9.17, 15) is 20.1 Å². The molecule has 154 valence electrons. The largest absolute Gasteiger partial charge is 0.458 e. The molecular formula is C20H26O8. The summed E-state index contributed by atoms with van der Waals surface area (Å²) in [6, 6.07) is 9.33. The number of hydrogen-bond donors (Lipinski definition) is 4. The second-order valence-electron chi connectivity index (χ2n) is 6.42. The molecule has 8 nitrogen and oxygen atoms in total. The average molecular weight is 394 g/mol. The minimum atomic E-state index is -1.49. The molecule has 0 aliphatic carbocycles. The summed E-state index contributed by atoms with van der Waals surface area (Å²) >= 11 is 0. The molecule has 0 spiro atoms. The van der Waals surface area contributed by atoms with Crippen LogP contribution in [0.3, 0.4) is 0 Å². The van der Waals surface area contributed by atoms with Gasteiger partial charge in [-0.15, -0.1) is 0 Å². The topological polar surface area (TPSA) is 126 Å². The Morgan fingerprint density at radius 1 is 1.14 bits per heavy atom. The lowest BCUT2D eigenvalue weighted by Crippen LogP contribution is -2.59. The van der Waals surface area contributed by atoms with Crippen molar-refractivity contribution in [2.75, 3.05) is 19.8 Å². The Morgan fingerprint density at radius 2 is 1.86 bits per heavy atom. The van der Waals surface area contributed by atoms with Crippen LogP contribution < -0.4 is 0 Å². The number of carbonyl (C=O) groups excluding carboxylic acids is 1. The van der Waals surface area contributed by atoms with E-state index in [1.54, 1.807) is 6.08 Å². The molecule has 1 aromatic rings. The molecule has 1 fully saturated rings. The fourth-order valence-corrected chi connectivity index (χ4v) is 2.55. The van der Waals surface area contributed by atoms with Gasteiger partial charge in [0.15, 0.2) is 6.29 Å². The first-order valence-electron chi connectivity index (χ1n) is 8.91. The van der Waals surface area contributed by atoms with Crippen LogP contribution in [0.4, 0.5) is 0 Å². The summed E-state index contributed by atoms with van der Waals surface area (Å²) in [5.74, 6) is -0.500. The number of aliphatic hydroxyl groups is 4. The van der Waals surface area contributed by atoms with Crippen molar-refractivity contribution in [2.24, 2.45) is 0 Å². The van der Waals surface area contributed by atoms with E-state index >= 15 is 0 Å². The molecule has 1 aromatic carbocycles. The minimum absolute atomic E-state index is 0.00993. The lowest BCUT2D eigenvalue weighted by Gasteiger charge is -2.39. The van der Waals surface area contributed by atoms with Crippen LogP contribution in [0.1, 0.15) is 12.0 Å². The van der Waals surface area contributed by atoms with E-state index in [-0.39, 0.29) is 13.2 Å². The zero-order valence-electron chi connectivity index (χ0n) is 15.4. The molecule has 1 aliphatic heterocycles. The zero-order valence-corrected chi connectivity index (χ0v) is 15.4. The number of aliphatic hydroxyl groups excluding tert-OH is 4. The molecule has 1 saturated heterocycles.